The second kappa shape index (κ2) is 8.10. The highest BCUT2D eigenvalue weighted by atomic mass is 16.5. The lowest BCUT2D eigenvalue weighted by Gasteiger charge is -2.08. The predicted octanol–water partition coefficient (Wildman–Crippen LogP) is 2.83. The van der Waals surface area contributed by atoms with Crippen LogP contribution in [0.5, 0.6) is 17.2 Å². The van der Waals surface area contributed by atoms with E-state index in [1.165, 1.54) is 0 Å². The Balaban J connectivity index is 2.22. The lowest BCUT2D eigenvalue weighted by molar-refractivity contribution is 0.201. The Morgan fingerprint density at radius 1 is 0.957 bits per heavy atom. The first-order chi connectivity index (χ1) is 11.2. The van der Waals surface area contributed by atoms with E-state index < -0.39 is 0 Å². The zero-order valence-corrected chi connectivity index (χ0v) is 13.3. The van der Waals surface area contributed by atoms with Crippen molar-refractivity contribution in [1.29, 1.82) is 0 Å². The van der Waals surface area contributed by atoms with Crippen molar-refractivity contribution in [1.82, 2.24) is 0 Å². The van der Waals surface area contributed by atoms with E-state index in [1.807, 2.05) is 42.5 Å². The van der Waals surface area contributed by atoms with Crippen LogP contribution in [0.3, 0.4) is 0 Å². The van der Waals surface area contributed by atoms with Crippen molar-refractivity contribution < 1.29 is 19.3 Å². The van der Waals surface area contributed by atoms with Crippen LogP contribution in [0.25, 0.3) is 12.2 Å². The van der Waals surface area contributed by atoms with E-state index in [9.17, 15) is 0 Å². The fraction of sp³-hybridized carbons (Fsp3) is 0.222. The summed E-state index contributed by atoms with van der Waals surface area (Å²) in [7, 11) is 3.19. The second-order valence-corrected chi connectivity index (χ2v) is 4.85. The third kappa shape index (κ3) is 4.66. The molecule has 23 heavy (non-hydrogen) atoms. The second-order valence-electron chi connectivity index (χ2n) is 4.85. The molecule has 0 saturated heterocycles. The maximum atomic E-state index is 8.85. The lowest BCUT2D eigenvalue weighted by Crippen LogP contribution is -2.01. The summed E-state index contributed by atoms with van der Waals surface area (Å²) >= 11 is 0. The molecule has 0 radical (unpaired) electrons. The van der Waals surface area contributed by atoms with Crippen LogP contribution in [-0.2, 0) is 0 Å². The summed E-state index contributed by atoms with van der Waals surface area (Å²) in [6, 6.07) is 11.2. The molecule has 0 fully saturated rings. The number of anilines is 1. The van der Waals surface area contributed by atoms with E-state index in [-0.39, 0.29) is 13.2 Å². The average molecular weight is 315 g/mol. The molecule has 5 heteroatoms. The van der Waals surface area contributed by atoms with Gasteiger partial charge in [0.1, 0.15) is 23.9 Å². The van der Waals surface area contributed by atoms with Crippen molar-refractivity contribution >= 4 is 17.8 Å². The Morgan fingerprint density at radius 2 is 1.70 bits per heavy atom. The normalized spacial score (nSPS) is 10.7. The van der Waals surface area contributed by atoms with E-state index in [2.05, 4.69) is 0 Å². The van der Waals surface area contributed by atoms with Crippen molar-refractivity contribution in [2.45, 2.75) is 0 Å². The van der Waals surface area contributed by atoms with E-state index in [0.717, 1.165) is 11.1 Å². The van der Waals surface area contributed by atoms with Gasteiger partial charge in [-0.3, -0.25) is 0 Å². The molecular weight excluding hydrogens is 294 g/mol. The van der Waals surface area contributed by atoms with Crippen LogP contribution in [0.15, 0.2) is 36.4 Å². The number of ether oxygens (including phenoxy) is 3. The molecule has 0 spiro atoms. The molecule has 3 N–H and O–H groups in total. The van der Waals surface area contributed by atoms with Gasteiger partial charge < -0.3 is 25.1 Å². The Bertz CT molecular complexity index is 683. The number of nitrogen functional groups attached to an aromatic ring is 1. The number of aliphatic hydroxyl groups is 1. The fourth-order valence-corrected chi connectivity index (χ4v) is 2.10. The monoisotopic (exact) mass is 315 g/mol. The third-order valence-electron chi connectivity index (χ3n) is 3.22. The molecular formula is C18H21NO4. The summed E-state index contributed by atoms with van der Waals surface area (Å²) in [4.78, 5) is 0. The van der Waals surface area contributed by atoms with Gasteiger partial charge in [-0.15, -0.1) is 0 Å². The van der Waals surface area contributed by atoms with Crippen molar-refractivity contribution in [3.05, 3.63) is 47.5 Å². The lowest BCUT2D eigenvalue weighted by atomic mass is 10.1. The van der Waals surface area contributed by atoms with Crippen LogP contribution in [0.1, 0.15) is 11.1 Å². The van der Waals surface area contributed by atoms with Gasteiger partial charge in [0.25, 0.3) is 0 Å². The summed E-state index contributed by atoms with van der Waals surface area (Å²) in [6.45, 7) is 0.207. The van der Waals surface area contributed by atoms with Gasteiger partial charge in [0, 0.05) is 6.07 Å². The number of hydrogen-bond donors (Lipinski definition) is 2. The number of rotatable bonds is 7. The molecule has 0 atom stereocenters. The maximum Gasteiger partial charge on any atom is 0.141 e. The van der Waals surface area contributed by atoms with Crippen molar-refractivity contribution in [2.24, 2.45) is 0 Å². The number of aliphatic hydroxyl groups excluding tert-OH is 1. The molecule has 2 aromatic carbocycles. The van der Waals surface area contributed by atoms with E-state index in [4.69, 9.17) is 25.1 Å². The first-order valence-corrected chi connectivity index (χ1v) is 7.20. The highest BCUT2D eigenvalue weighted by Gasteiger charge is 2.02. The molecule has 2 aromatic rings. The van der Waals surface area contributed by atoms with Gasteiger partial charge in [0.2, 0.25) is 0 Å². The molecule has 0 aromatic heterocycles. The highest BCUT2D eigenvalue weighted by molar-refractivity contribution is 5.73. The summed E-state index contributed by atoms with van der Waals surface area (Å²) in [6.07, 6.45) is 3.88. The Labute approximate surface area is 135 Å². The topological polar surface area (TPSA) is 73.9 Å². The van der Waals surface area contributed by atoms with Crippen LogP contribution in [0, 0.1) is 0 Å². The minimum atomic E-state index is -0.0342. The van der Waals surface area contributed by atoms with Crippen LogP contribution < -0.4 is 19.9 Å². The third-order valence-corrected chi connectivity index (χ3v) is 3.22. The van der Waals surface area contributed by atoms with Crippen molar-refractivity contribution in [3.63, 3.8) is 0 Å². The number of methoxy groups -OCH3 is 2. The SMILES string of the molecule is COc1cc(/C=C\c2ccc(OC)c(N)c2)cc(OCCO)c1. The number of hydrogen-bond acceptors (Lipinski definition) is 5. The standard InChI is InChI=1S/C18H21NO4/c1-21-15-9-14(10-16(12-15)23-8-7-20)4-3-13-5-6-18(22-2)17(19)11-13/h3-6,9-12,20H,7-8,19H2,1-2H3/b4-3-. The molecule has 2 rings (SSSR count). The quantitative estimate of drug-likeness (QED) is 0.607. The number of benzene rings is 2. The van der Waals surface area contributed by atoms with Crippen molar-refractivity contribution in [3.8, 4) is 17.2 Å². The van der Waals surface area contributed by atoms with Gasteiger partial charge in [0.15, 0.2) is 0 Å². The van der Waals surface area contributed by atoms with Gasteiger partial charge in [-0.2, -0.15) is 0 Å². The summed E-state index contributed by atoms with van der Waals surface area (Å²) in [5, 5.41) is 8.85. The van der Waals surface area contributed by atoms with Crippen molar-refractivity contribution in [2.75, 3.05) is 33.2 Å². The molecule has 0 unspecified atom stereocenters. The summed E-state index contributed by atoms with van der Waals surface area (Å²) in [5.41, 5.74) is 8.38. The minimum Gasteiger partial charge on any atom is -0.497 e. The van der Waals surface area contributed by atoms with Gasteiger partial charge in [-0.1, -0.05) is 18.2 Å². The Morgan fingerprint density at radius 3 is 2.35 bits per heavy atom. The van der Waals surface area contributed by atoms with Crippen LogP contribution in [0.2, 0.25) is 0 Å². The van der Waals surface area contributed by atoms with E-state index in [0.29, 0.717) is 22.9 Å². The molecule has 5 nitrogen and oxygen atoms in total. The van der Waals surface area contributed by atoms with E-state index >= 15 is 0 Å². The minimum absolute atomic E-state index is 0.0342. The first kappa shape index (κ1) is 16.7. The molecule has 0 aliphatic heterocycles. The Hall–Kier alpha value is -2.66. The van der Waals surface area contributed by atoms with Gasteiger partial charge in [-0.25, -0.2) is 0 Å². The van der Waals surface area contributed by atoms with Crippen LogP contribution in [0.4, 0.5) is 5.69 Å². The summed E-state index contributed by atoms with van der Waals surface area (Å²) < 4.78 is 15.8. The first-order valence-electron chi connectivity index (χ1n) is 7.20. The molecule has 122 valence electrons. The zero-order chi connectivity index (χ0) is 16.7. The maximum absolute atomic E-state index is 8.85. The zero-order valence-electron chi connectivity index (χ0n) is 13.3. The molecule has 0 bridgehead atoms. The number of nitrogens with two attached hydrogens (primary N) is 1. The summed E-state index contributed by atoms with van der Waals surface area (Å²) in [5.74, 6) is 1.99. The highest BCUT2D eigenvalue weighted by Crippen LogP contribution is 2.26. The fourth-order valence-electron chi connectivity index (χ4n) is 2.10. The largest absolute Gasteiger partial charge is 0.497 e. The van der Waals surface area contributed by atoms with Gasteiger partial charge >= 0.3 is 0 Å². The molecule has 0 saturated carbocycles. The van der Waals surface area contributed by atoms with E-state index in [1.54, 1.807) is 20.3 Å². The van der Waals surface area contributed by atoms with Gasteiger partial charge in [-0.05, 0) is 35.4 Å². The molecule has 0 amide bonds. The average Bonchev–Trinajstić information content (AvgIpc) is 2.58. The Kier molecular flexibility index (Phi) is 5.88. The molecule has 0 aliphatic carbocycles. The smallest absolute Gasteiger partial charge is 0.141 e. The van der Waals surface area contributed by atoms with Crippen LogP contribution >= 0.6 is 0 Å². The van der Waals surface area contributed by atoms with Crippen LogP contribution in [-0.4, -0.2) is 32.5 Å². The predicted molar refractivity (Wildman–Crippen MR) is 91.9 cm³/mol. The molecule has 0 aliphatic rings. The molecule has 0 heterocycles. The van der Waals surface area contributed by atoms with Gasteiger partial charge in [0.05, 0.1) is 26.5 Å².